The molecular weight excluding hydrogens is 342 g/mol. The predicted molar refractivity (Wildman–Crippen MR) is 92.4 cm³/mol. The Morgan fingerprint density at radius 1 is 1.12 bits per heavy atom. The van der Waals surface area contributed by atoms with Crippen LogP contribution in [0.3, 0.4) is 0 Å². The Kier molecular flexibility index (Phi) is 8.53. The van der Waals surface area contributed by atoms with Gasteiger partial charge >= 0.3 is 6.09 Å². The lowest BCUT2D eigenvalue weighted by molar-refractivity contribution is -0.140. The van der Waals surface area contributed by atoms with Crippen LogP contribution in [0.1, 0.15) is 25.8 Å². The monoisotopic (exact) mass is 367 g/mol. The minimum absolute atomic E-state index is 0.0297. The molecule has 6 N–H and O–H groups in total. The lowest BCUT2D eigenvalue weighted by atomic mass is 10.0. The molecule has 26 heavy (non-hydrogen) atoms. The summed E-state index contributed by atoms with van der Waals surface area (Å²) in [5.41, 5.74) is 5.80. The molecule has 2 atom stereocenters. The Morgan fingerprint density at radius 3 is 2.23 bits per heavy atom. The Hall–Kier alpha value is -2.65. The molecule has 0 bridgehead atoms. The topological polar surface area (TPSA) is 151 Å². The molecule has 1 aromatic carbocycles. The number of amides is 3. The molecule has 1 aromatic rings. The molecular formula is C17H25N3O6. The minimum Gasteiger partial charge on any atom is -0.445 e. The van der Waals surface area contributed by atoms with Crippen molar-refractivity contribution in [1.29, 1.82) is 0 Å². The molecule has 0 aliphatic rings. The van der Waals surface area contributed by atoms with Crippen molar-refractivity contribution in [2.45, 2.75) is 45.2 Å². The maximum atomic E-state index is 12.3. The van der Waals surface area contributed by atoms with Gasteiger partial charge in [0, 0.05) is 0 Å². The van der Waals surface area contributed by atoms with Crippen LogP contribution >= 0.6 is 0 Å². The highest BCUT2D eigenvalue weighted by Gasteiger charge is 2.30. The van der Waals surface area contributed by atoms with Crippen LogP contribution < -0.4 is 16.4 Å². The number of rotatable bonds is 9. The summed E-state index contributed by atoms with van der Waals surface area (Å²) in [6.07, 6.45) is -2.71. The SMILES string of the molecule is CC(C)C[C@H](NC(=O)OCc1ccccc1)C(=O)NC(C(N)=O)C(O)O. The Bertz CT molecular complexity index is 606. The zero-order valence-electron chi connectivity index (χ0n) is 14.7. The van der Waals surface area contributed by atoms with E-state index in [1.54, 1.807) is 24.3 Å². The fraction of sp³-hybridized carbons (Fsp3) is 0.471. The van der Waals surface area contributed by atoms with Crippen LogP contribution in [0, 0.1) is 5.92 Å². The molecule has 0 radical (unpaired) electrons. The van der Waals surface area contributed by atoms with Gasteiger partial charge < -0.3 is 31.3 Å². The summed E-state index contributed by atoms with van der Waals surface area (Å²) in [6, 6.07) is 6.29. The van der Waals surface area contributed by atoms with Gasteiger partial charge in [-0.1, -0.05) is 44.2 Å². The summed E-state index contributed by atoms with van der Waals surface area (Å²) in [5, 5.41) is 22.8. The smallest absolute Gasteiger partial charge is 0.408 e. The number of hydrogen-bond acceptors (Lipinski definition) is 6. The van der Waals surface area contributed by atoms with Crippen LogP contribution in [0.5, 0.6) is 0 Å². The van der Waals surface area contributed by atoms with Crippen molar-refractivity contribution in [3.05, 3.63) is 35.9 Å². The molecule has 9 heteroatoms. The highest BCUT2D eigenvalue weighted by Crippen LogP contribution is 2.07. The molecule has 0 spiro atoms. The lowest BCUT2D eigenvalue weighted by Crippen LogP contribution is -2.57. The Balaban J connectivity index is 2.68. The van der Waals surface area contributed by atoms with E-state index >= 15 is 0 Å². The van der Waals surface area contributed by atoms with Crippen LogP contribution in [-0.4, -0.2) is 46.5 Å². The van der Waals surface area contributed by atoms with Crippen molar-refractivity contribution in [1.82, 2.24) is 10.6 Å². The van der Waals surface area contributed by atoms with E-state index in [-0.39, 0.29) is 18.9 Å². The van der Waals surface area contributed by atoms with Gasteiger partial charge in [-0.2, -0.15) is 0 Å². The molecule has 0 heterocycles. The van der Waals surface area contributed by atoms with E-state index in [1.165, 1.54) is 0 Å². The van der Waals surface area contributed by atoms with Gasteiger partial charge in [0.25, 0.3) is 0 Å². The predicted octanol–water partition coefficient (Wildman–Crippen LogP) is -0.392. The van der Waals surface area contributed by atoms with Crippen LogP contribution in [0.15, 0.2) is 30.3 Å². The number of carbonyl (C=O) groups excluding carboxylic acids is 3. The third-order valence-corrected chi connectivity index (χ3v) is 3.43. The number of carbonyl (C=O) groups is 3. The fourth-order valence-electron chi connectivity index (χ4n) is 2.16. The quantitative estimate of drug-likeness (QED) is 0.375. The van der Waals surface area contributed by atoms with Crippen molar-refractivity contribution < 1.29 is 29.3 Å². The van der Waals surface area contributed by atoms with Crippen LogP contribution in [0.25, 0.3) is 0 Å². The summed E-state index contributed by atoms with van der Waals surface area (Å²) in [4.78, 5) is 35.4. The van der Waals surface area contributed by atoms with Gasteiger partial charge in [-0.05, 0) is 17.9 Å². The molecule has 0 aliphatic carbocycles. The van der Waals surface area contributed by atoms with Crippen LogP contribution in [0.4, 0.5) is 4.79 Å². The summed E-state index contributed by atoms with van der Waals surface area (Å²) >= 11 is 0. The van der Waals surface area contributed by atoms with E-state index < -0.39 is 36.3 Å². The Morgan fingerprint density at radius 2 is 1.73 bits per heavy atom. The normalized spacial score (nSPS) is 13.2. The second-order valence-electron chi connectivity index (χ2n) is 6.19. The number of aliphatic hydroxyl groups excluding tert-OH is 1. The average molecular weight is 367 g/mol. The molecule has 0 saturated heterocycles. The minimum atomic E-state index is -2.15. The van der Waals surface area contributed by atoms with E-state index in [0.717, 1.165) is 5.56 Å². The first-order valence-electron chi connectivity index (χ1n) is 8.13. The molecule has 0 fully saturated rings. The first-order chi connectivity index (χ1) is 12.2. The molecule has 3 amide bonds. The fourth-order valence-corrected chi connectivity index (χ4v) is 2.16. The molecule has 144 valence electrons. The second kappa shape index (κ2) is 10.4. The maximum Gasteiger partial charge on any atom is 0.408 e. The second-order valence-corrected chi connectivity index (χ2v) is 6.19. The standard InChI is InChI=1S/C17H25N3O6/c1-10(2)8-12(15(22)20-13(14(18)21)16(23)24)19-17(25)26-9-11-6-4-3-5-7-11/h3-7,10,12-13,16,23-24H,8-9H2,1-2H3,(H2,18,21)(H,19,25)(H,20,22)/t12-,13?/m0/s1. The summed E-state index contributed by atoms with van der Waals surface area (Å²) in [6.45, 7) is 3.70. The van der Waals surface area contributed by atoms with Gasteiger partial charge in [0.1, 0.15) is 12.6 Å². The summed E-state index contributed by atoms with van der Waals surface area (Å²) < 4.78 is 5.07. The first-order valence-corrected chi connectivity index (χ1v) is 8.13. The number of benzene rings is 1. The lowest BCUT2D eigenvalue weighted by Gasteiger charge is -2.23. The third kappa shape index (κ3) is 7.49. The third-order valence-electron chi connectivity index (χ3n) is 3.43. The zero-order chi connectivity index (χ0) is 19.7. The summed E-state index contributed by atoms with van der Waals surface area (Å²) in [7, 11) is 0. The van der Waals surface area contributed by atoms with Crippen molar-refractivity contribution in [2.24, 2.45) is 11.7 Å². The molecule has 0 aliphatic heterocycles. The largest absolute Gasteiger partial charge is 0.445 e. The number of nitrogens with two attached hydrogens (primary N) is 1. The maximum absolute atomic E-state index is 12.3. The van der Waals surface area contributed by atoms with Crippen molar-refractivity contribution in [3.8, 4) is 0 Å². The first kappa shape index (κ1) is 21.4. The Labute approximate surface area is 151 Å². The van der Waals surface area contributed by atoms with Gasteiger partial charge in [-0.15, -0.1) is 0 Å². The van der Waals surface area contributed by atoms with Crippen LogP contribution in [0.2, 0.25) is 0 Å². The van der Waals surface area contributed by atoms with Crippen LogP contribution in [-0.2, 0) is 20.9 Å². The van der Waals surface area contributed by atoms with Crippen molar-refractivity contribution in [2.75, 3.05) is 0 Å². The van der Waals surface area contributed by atoms with E-state index in [4.69, 9.17) is 20.7 Å². The average Bonchev–Trinajstić information content (AvgIpc) is 2.57. The zero-order valence-corrected chi connectivity index (χ0v) is 14.7. The number of alkyl carbamates (subject to hydrolysis) is 1. The summed E-state index contributed by atoms with van der Waals surface area (Å²) in [5.74, 6) is -1.85. The molecule has 0 aromatic heterocycles. The van der Waals surface area contributed by atoms with Gasteiger partial charge in [0.15, 0.2) is 12.3 Å². The van der Waals surface area contributed by atoms with Gasteiger partial charge in [-0.25, -0.2) is 4.79 Å². The molecule has 1 unspecified atom stereocenters. The highest BCUT2D eigenvalue weighted by molar-refractivity contribution is 5.90. The number of hydrogen-bond donors (Lipinski definition) is 5. The number of primary amides is 1. The number of aliphatic hydroxyl groups is 2. The molecule has 1 rings (SSSR count). The van der Waals surface area contributed by atoms with Gasteiger partial charge in [-0.3, -0.25) is 9.59 Å². The van der Waals surface area contributed by atoms with Gasteiger partial charge in [0.05, 0.1) is 0 Å². The van der Waals surface area contributed by atoms with E-state index in [1.807, 2.05) is 19.9 Å². The van der Waals surface area contributed by atoms with E-state index in [0.29, 0.717) is 0 Å². The molecule has 0 saturated carbocycles. The highest BCUT2D eigenvalue weighted by atomic mass is 16.5. The van der Waals surface area contributed by atoms with Gasteiger partial charge in [0.2, 0.25) is 11.8 Å². The molecule has 9 nitrogen and oxygen atoms in total. The van der Waals surface area contributed by atoms with E-state index in [9.17, 15) is 14.4 Å². The number of ether oxygens (including phenoxy) is 1. The van der Waals surface area contributed by atoms with Crippen molar-refractivity contribution in [3.63, 3.8) is 0 Å². The number of nitrogens with one attached hydrogen (secondary N) is 2. The van der Waals surface area contributed by atoms with E-state index in [2.05, 4.69) is 10.6 Å². The van der Waals surface area contributed by atoms with Crippen molar-refractivity contribution >= 4 is 17.9 Å².